The van der Waals surface area contributed by atoms with Gasteiger partial charge in [0.05, 0.1) is 18.3 Å². The van der Waals surface area contributed by atoms with E-state index < -0.39 is 11.6 Å². The molecule has 3 rings (SSSR count). The van der Waals surface area contributed by atoms with Gasteiger partial charge in [-0.25, -0.2) is 8.78 Å². The Morgan fingerprint density at radius 1 is 1.19 bits per heavy atom. The lowest BCUT2D eigenvalue weighted by Gasteiger charge is -2.27. The zero-order valence-corrected chi connectivity index (χ0v) is 11.7. The van der Waals surface area contributed by atoms with E-state index in [4.69, 9.17) is 17.3 Å². The Morgan fingerprint density at radius 3 is 2.67 bits per heavy atom. The number of anilines is 1. The number of para-hydroxylation sites is 1. The van der Waals surface area contributed by atoms with E-state index in [9.17, 15) is 8.78 Å². The zero-order valence-electron chi connectivity index (χ0n) is 10.9. The van der Waals surface area contributed by atoms with Crippen molar-refractivity contribution in [1.29, 1.82) is 0 Å². The summed E-state index contributed by atoms with van der Waals surface area (Å²) in [4.78, 5) is 5.74. The highest BCUT2D eigenvalue weighted by atomic mass is 35.5. The second-order valence-electron chi connectivity index (χ2n) is 4.70. The van der Waals surface area contributed by atoms with E-state index in [-0.39, 0.29) is 17.0 Å². The van der Waals surface area contributed by atoms with Crippen LogP contribution >= 0.6 is 11.6 Å². The van der Waals surface area contributed by atoms with Crippen LogP contribution in [0, 0.1) is 11.6 Å². The van der Waals surface area contributed by atoms with Gasteiger partial charge in [0, 0.05) is 5.02 Å². The summed E-state index contributed by atoms with van der Waals surface area (Å²) >= 11 is 6.10. The SMILES string of the molecule is NC1=NCC(c2ccc(F)cc2Cl)N1c1ccccc1F. The maximum absolute atomic E-state index is 14.0. The highest BCUT2D eigenvalue weighted by Crippen LogP contribution is 2.35. The van der Waals surface area contributed by atoms with Gasteiger partial charge in [-0.3, -0.25) is 4.99 Å². The molecule has 21 heavy (non-hydrogen) atoms. The number of hydrogen-bond acceptors (Lipinski definition) is 3. The van der Waals surface area contributed by atoms with E-state index >= 15 is 0 Å². The van der Waals surface area contributed by atoms with Crippen LogP contribution in [0.4, 0.5) is 14.5 Å². The summed E-state index contributed by atoms with van der Waals surface area (Å²) < 4.78 is 27.2. The first-order valence-electron chi connectivity index (χ1n) is 6.36. The lowest BCUT2D eigenvalue weighted by atomic mass is 10.1. The van der Waals surface area contributed by atoms with Gasteiger partial charge >= 0.3 is 0 Å². The molecule has 0 fully saturated rings. The number of aliphatic imine (C=N–C) groups is 1. The van der Waals surface area contributed by atoms with Crippen molar-refractivity contribution in [3.63, 3.8) is 0 Å². The average Bonchev–Trinajstić information content (AvgIpc) is 2.81. The summed E-state index contributed by atoms with van der Waals surface area (Å²) in [6.45, 7) is 0.339. The molecular weight excluding hydrogens is 296 g/mol. The summed E-state index contributed by atoms with van der Waals surface area (Å²) in [5, 5.41) is 0.270. The zero-order chi connectivity index (χ0) is 15.0. The van der Waals surface area contributed by atoms with E-state index in [0.717, 1.165) is 0 Å². The monoisotopic (exact) mass is 307 g/mol. The van der Waals surface area contributed by atoms with E-state index in [1.54, 1.807) is 29.2 Å². The predicted molar refractivity (Wildman–Crippen MR) is 79.5 cm³/mol. The number of nitrogens with two attached hydrogens (primary N) is 1. The molecule has 1 heterocycles. The molecule has 0 aromatic heterocycles. The number of hydrogen-bond donors (Lipinski definition) is 1. The third-order valence-electron chi connectivity index (χ3n) is 3.42. The van der Waals surface area contributed by atoms with Crippen molar-refractivity contribution in [3.8, 4) is 0 Å². The van der Waals surface area contributed by atoms with Gasteiger partial charge in [0.15, 0.2) is 5.96 Å². The molecule has 0 bridgehead atoms. The fourth-order valence-corrected chi connectivity index (χ4v) is 2.74. The molecular formula is C15H12ClF2N3. The largest absolute Gasteiger partial charge is 0.369 e. The third-order valence-corrected chi connectivity index (χ3v) is 3.75. The van der Waals surface area contributed by atoms with Crippen LogP contribution in [0.2, 0.25) is 5.02 Å². The molecule has 0 amide bonds. The third kappa shape index (κ3) is 2.45. The van der Waals surface area contributed by atoms with Gasteiger partial charge in [0.1, 0.15) is 11.6 Å². The maximum Gasteiger partial charge on any atom is 0.196 e. The van der Waals surface area contributed by atoms with Crippen molar-refractivity contribution >= 4 is 23.2 Å². The highest BCUT2D eigenvalue weighted by molar-refractivity contribution is 6.31. The number of rotatable bonds is 2. The fourth-order valence-electron chi connectivity index (χ4n) is 2.45. The summed E-state index contributed by atoms with van der Waals surface area (Å²) in [5.74, 6) is -0.612. The molecule has 2 N–H and O–H groups in total. The molecule has 0 saturated carbocycles. The highest BCUT2D eigenvalue weighted by Gasteiger charge is 2.31. The number of nitrogens with zero attached hydrogens (tertiary/aromatic N) is 2. The molecule has 0 saturated heterocycles. The summed E-state index contributed by atoms with van der Waals surface area (Å²) in [6.07, 6.45) is 0. The second kappa shape index (κ2) is 5.33. The Labute approximate surface area is 125 Å². The molecule has 1 aliphatic rings. The predicted octanol–water partition coefficient (Wildman–Crippen LogP) is 3.49. The van der Waals surface area contributed by atoms with E-state index in [1.807, 2.05) is 0 Å². The molecule has 1 atom stereocenters. The van der Waals surface area contributed by atoms with E-state index in [2.05, 4.69) is 4.99 Å². The molecule has 6 heteroatoms. The van der Waals surface area contributed by atoms with Gasteiger partial charge in [-0.05, 0) is 29.8 Å². The summed E-state index contributed by atoms with van der Waals surface area (Å²) in [5.41, 5.74) is 6.86. The molecule has 0 aliphatic carbocycles. The van der Waals surface area contributed by atoms with E-state index in [1.165, 1.54) is 18.2 Å². The van der Waals surface area contributed by atoms with Gasteiger partial charge in [-0.15, -0.1) is 0 Å². The molecule has 0 spiro atoms. The Morgan fingerprint density at radius 2 is 1.95 bits per heavy atom. The van der Waals surface area contributed by atoms with Crippen LogP contribution in [-0.2, 0) is 0 Å². The van der Waals surface area contributed by atoms with Crippen molar-refractivity contribution in [2.24, 2.45) is 10.7 Å². The first-order chi connectivity index (χ1) is 10.1. The van der Waals surface area contributed by atoms with Crippen LogP contribution in [0.1, 0.15) is 11.6 Å². The average molecular weight is 308 g/mol. The Balaban J connectivity index is 2.05. The Bertz CT molecular complexity index is 718. The lowest BCUT2D eigenvalue weighted by Crippen LogP contribution is -2.36. The lowest BCUT2D eigenvalue weighted by molar-refractivity contribution is 0.616. The standard InChI is InChI=1S/C15H12ClF2N3/c16-11-7-9(17)5-6-10(11)14-8-20-15(19)21(14)13-4-2-1-3-12(13)18/h1-7,14H,8H2,(H2,19,20). The topological polar surface area (TPSA) is 41.6 Å². The van der Waals surface area contributed by atoms with Crippen LogP contribution in [0.15, 0.2) is 47.5 Å². The molecule has 1 unspecified atom stereocenters. The van der Waals surface area contributed by atoms with Crippen molar-refractivity contribution in [2.45, 2.75) is 6.04 Å². The molecule has 2 aromatic rings. The van der Waals surface area contributed by atoms with Crippen LogP contribution < -0.4 is 10.6 Å². The maximum atomic E-state index is 14.0. The van der Waals surface area contributed by atoms with Crippen LogP contribution in [0.3, 0.4) is 0 Å². The van der Waals surface area contributed by atoms with Gasteiger partial charge in [-0.1, -0.05) is 29.8 Å². The number of guanidine groups is 1. The van der Waals surface area contributed by atoms with Crippen LogP contribution in [-0.4, -0.2) is 12.5 Å². The quantitative estimate of drug-likeness (QED) is 0.922. The molecule has 3 nitrogen and oxygen atoms in total. The van der Waals surface area contributed by atoms with Crippen LogP contribution in [0.5, 0.6) is 0 Å². The smallest absolute Gasteiger partial charge is 0.196 e. The minimum atomic E-state index is -0.423. The summed E-state index contributed by atoms with van der Waals surface area (Å²) in [7, 11) is 0. The number of benzene rings is 2. The van der Waals surface area contributed by atoms with Crippen molar-refractivity contribution in [1.82, 2.24) is 0 Å². The number of halogens is 3. The van der Waals surface area contributed by atoms with Gasteiger partial charge < -0.3 is 10.6 Å². The van der Waals surface area contributed by atoms with Crippen molar-refractivity contribution in [3.05, 3.63) is 64.7 Å². The molecule has 0 radical (unpaired) electrons. The van der Waals surface area contributed by atoms with Crippen molar-refractivity contribution in [2.75, 3.05) is 11.4 Å². The normalized spacial score (nSPS) is 18.0. The molecule has 108 valence electrons. The van der Waals surface area contributed by atoms with Gasteiger partial charge in [0.2, 0.25) is 0 Å². The Kier molecular flexibility index (Phi) is 3.51. The molecule has 1 aliphatic heterocycles. The van der Waals surface area contributed by atoms with Gasteiger partial charge in [-0.2, -0.15) is 0 Å². The Hall–Kier alpha value is -2.14. The first kappa shape index (κ1) is 13.8. The van der Waals surface area contributed by atoms with Crippen molar-refractivity contribution < 1.29 is 8.78 Å². The van der Waals surface area contributed by atoms with Gasteiger partial charge in [0.25, 0.3) is 0 Å². The minimum absolute atomic E-state index is 0.213. The summed E-state index contributed by atoms with van der Waals surface area (Å²) in [6, 6.07) is 10.0. The minimum Gasteiger partial charge on any atom is -0.369 e. The molecule has 2 aromatic carbocycles. The fraction of sp³-hybridized carbons (Fsp3) is 0.133. The van der Waals surface area contributed by atoms with Crippen LogP contribution in [0.25, 0.3) is 0 Å². The first-order valence-corrected chi connectivity index (χ1v) is 6.74. The van der Waals surface area contributed by atoms with E-state index in [0.29, 0.717) is 17.8 Å². The second-order valence-corrected chi connectivity index (χ2v) is 5.11.